The first-order valence-corrected chi connectivity index (χ1v) is 9.55. The quantitative estimate of drug-likeness (QED) is 0.807. The molecule has 5 nitrogen and oxygen atoms in total. The van der Waals surface area contributed by atoms with Gasteiger partial charge in [-0.05, 0) is 55.7 Å². The number of hydrogen-bond acceptors (Lipinski definition) is 3. The van der Waals surface area contributed by atoms with E-state index in [2.05, 4.69) is 5.32 Å². The molecule has 1 N–H and O–H groups in total. The van der Waals surface area contributed by atoms with Gasteiger partial charge in [-0.15, -0.1) is 0 Å². The van der Waals surface area contributed by atoms with Gasteiger partial charge in [0.15, 0.2) is 0 Å². The Labute approximate surface area is 162 Å². The molecule has 28 heavy (non-hydrogen) atoms. The van der Waals surface area contributed by atoms with Gasteiger partial charge in [0, 0.05) is 11.6 Å². The number of benzene rings is 2. The van der Waals surface area contributed by atoms with Crippen LogP contribution >= 0.6 is 0 Å². The van der Waals surface area contributed by atoms with Crippen LogP contribution in [-0.2, 0) is 0 Å². The molecule has 6 heteroatoms. The molecule has 2 aromatic rings. The van der Waals surface area contributed by atoms with Crippen molar-refractivity contribution in [3.8, 4) is 0 Å². The van der Waals surface area contributed by atoms with Gasteiger partial charge in [0.05, 0.1) is 16.8 Å². The van der Waals surface area contributed by atoms with Crippen LogP contribution in [0.15, 0.2) is 36.4 Å². The monoisotopic (exact) mass is 380 g/mol. The van der Waals surface area contributed by atoms with Crippen molar-refractivity contribution in [2.45, 2.75) is 45.1 Å². The lowest BCUT2D eigenvalue weighted by atomic mass is 9.94. The first-order valence-electron chi connectivity index (χ1n) is 9.55. The number of fused-ring (bicyclic) bond motifs is 1. The summed E-state index contributed by atoms with van der Waals surface area (Å²) in [6, 6.07) is 8.90. The third-order valence-corrected chi connectivity index (χ3v) is 5.49. The van der Waals surface area contributed by atoms with Crippen LogP contribution < -0.4 is 5.32 Å². The number of nitrogens with zero attached hydrogens (tertiary/aromatic N) is 1. The molecule has 144 valence electrons. The first-order chi connectivity index (χ1) is 13.5. The molecule has 4 rings (SSSR count). The third-order valence-electron chi connectivity index (χ3n) is 5.49. The van der Waals surface area contributed by atoms with Crippen LogP contribution in [-0.4, -0.2) is 28.7 Å². The lowest BCUT2D eigenvalue weighted by Crippen LogP contribution is -2.40. The molecule has 1 saturated carbocycles. The second-order valence-electron chi connectivity index (χ2n) is 7.47. The van der Waals surface area contributed by atoms with Crippen molar-refractivity contribution in [1.29, 1.82) is 0 Å². The minimum absolute atomic E-state index is 0.0694. The molecular formula is C22H21FN2O3. The molecule has 0 radical (unpaired) electrons. The van der Waals surface area contributed by atoms with E-state index in [1.807, 2.05) is 0 Å². The Kier molecular flexibility index (Phi) is 4.71. The molecule has 1 aliphatic heterocycles. The molecule has 1 aliphatic carbocycles. The van der Waals surface area contributed by atoms with E-state index in [1.54, 1.807) is 13.0 Å². The van der Waals surface area contributed by atoms with Gasteiger partial charge in [-0.1, -0.05) is 25.3 Å². The zero-order valence-electron chi connectivity index (χ0n) is 15.6. The summed E-state index contributed by atoms with van der Waals surface area (Å²) in [5.74, 6) is -1.68. The average Bonchev–Trinajstić information content (AvgIpc) is 2.94. The number of carbonyl (C=O) groups excluding carboxylic acids is 3. The van der Waals surface area contributed by atoms with E-state index in [-0.39, 0.29) is 34.7 Å². The van der Waals surface area contributed by atoms with Crippen molar-refractivity contribution in [2.24, 2.45) is 0 Å². The molecule has 0 unspecified atom stereocenters. The Morgan fingerprint density at radius 1 is 1.00 bits per heavy atom. The largest absolute Gasteiger partial charge is 0.319 e. The second kappa shape index (κ2) is 7.19. The van der Waals surface area contributed by atoms with Gasteiger partial charge in [0.25, 0.3) is 17.7 Å². The van der Waals surface area contributed by atoms with Crippen LogP contribution in [0.2, 0.25) is 0 Å². The van der Waals surface area contributed by atoms with Crippen molar-refractivity contribution in [1.82, 2.24) is 4.90 Å². The Morgan fingerprint density at radius 2 is 1.71 bits per heavy atom. The second-order valence-corrected chi connectivity index (χ2v) is 7.47. The predicted octanol–water partition coefficient (Wildman–Crippen LogP) is 4.32. The summed E-state index contributed by atoms with van der Waals surface area (Å²) in [7, 11) is 0. The molecule has 2 aliphatic rings. The Balaban J connectivity index is 1.58. The number of anilines is 1. The van der Waals surface area contributed by atoms with E-state index in [4.69, 9.17) is 0 Å². The maximum Gasteiger partial charge on any atom is 0.261 e. The summed E-state index contributed by atoms with van der Waals surface area (Å²) in [6.07, 6.45) is 4.79. The number of aryl methyl sites for hydroxylation is 1. The summed E-state index contributed by atoms with van der Waals surface area (Å²) in [5, 5.41) is 2.52. The maximum absolute atomic E-state index is 14.0. The van der Waals surface area contributed by atoms with Gasteiger partial charge in [-0.2, -0.15) is 0 Å². The molecule has 0 aromatic heterocycles. The number of amides is 3. The smallest absolute Gasteiger partial charge is 0.261 e. The Hall–Kier alpha value is -3.02. The van der Waals surface area contributed by atoms with Crippen molar-refractivity contribution < 1.29 is 18.8 Å². The molecule has 3 amide bonds. The van der Waals surface area contributed by atoms with Gasteiger partial charge in [-0.25, -0.2) is 4.39 Å². The number of carbonyl (C=O) groups is 3. The minimum atomic E-state index is -0.526. The van der Waals surface area contributed by atoms with E-state index in [1.165, 1.54) is 35.2 Å². The number of imide groups is 1. The summed E-state index contributed by atoms with van der Waals surface area (Å²) in [4.78, 5) is 39.4. The molecule has 2 aromatic carbocycles. The summed E-state index contributed by atoms with van der Waals surface area (Å²) >= 11 is 0. The van der Waals surface area contributed by atoms with E-state index in [0.717, 1.165) is 37.7 Å². The fraction of sp³-hybridized carbons (Fsp3) is 0.318. The van der Waals surface area contributed by atoms with Crippen molar-refractivity contribution in [2.75, 3.05) is 5.32 Å². The normalized spacial score (nSPS) is 17.0. The molecule has 0 bridgehead atoms. The fourth-order valence-corrected chi connectivity index (χ4v) is 3.99. The van der Waals surface area contributed by atoms with Crippen LogP contribution in [0.4, 0.5) is 10.1 Å². The Bertz CT molecular complexity index is 980. The molecule has 0 spiro atoms. The number of rotatable bonds is 3. The number of halogens is 1. The lowest BCUT2D eigenvalue weighted by Gasteiger charge is -2.29. The van der Waals surface area contributed by atoms with Crippen LogP contribution in [0.1, 0.15) is 68.7 Å². The molecule has 1 heterocycles. The fourth-order valence-electron chi connectivity index (χ4n) is 3.99. The summed E-state index contributed by atoms with van der Waals surface area (Å²) < 4.78 is 14.0. The highest BCUT2D eigenvalue weighted by atomic mass is 19.1. The highest BCUT2D eigenvalue weighted by Crippen LogP contribution is 2.31. The zero-order valence-corrected chi connectivity index (χ0v) is 15.6. The van der Waals surface area contributed by atoms with Crippen LogP contribution in [0, 0.1) is 12.7 Å². The van der Waals surface area contributed by atoms with Gasteiger partial charge in [-0.3, -0.25) is 19.3 Å². The molecule has 0 atom stereocenters. The predicted molar refractivity (Wildman–Crippen MR) is 103 cm³/mol. The highest BCUT2D eigenvalue weighted by molar-refractivity contribution is 6.22. The third kappa shape index (κ3) is 3.19. The van der Waals surface area contributed by atoms with Gasteiger partial charge < -0.3 is 5.32 Å². The minimum Gasteiger partial charge on any atom is -0.319 e. The standard InChI is InChI=1S/C22H21FN2O3/c1-13-7-10-19(18(23)11-13)24-20(26)14-8-9-16-17(12-14)22(28)25(21(16)27)15-5-3-2-4-6-15/h7-12,15H,2-6H2,1H3,(H,24,26). The topological polar surface area (TPSA) is 66.5 Å². The number of nitrogens with one attached hydrogen (secondary N) is 1. The van der Waals surface area contributed by atoms with Gasteiger partial charge in [0.2, 0.25) is 0 Å². The van der Waals surface area contributed by atoms with E-state index in [0.29, 0.717) is 5.56 Å². The highest BCUT2D eigenvalue weighted by Gasteiger charge is 2.40. The van der Waals surface area contributed by atoms with Crippen molar-refractivity contribution in [3.63, 3.8) is 0 Å². The Morgan fingerprint density at radius 3 is 2.43 bits per heavy atom. The van der Waals surface area contributed by atoms with E-state index < -0.39 is 11.7 Å². The van der Waals surface area contributed by atoms with Gasteiger partial charge >= 0.3 is 0 Å². The van der Waals surface area contributed by atoms with Crippen LogP contribution in [0.5, 0.6) is 0 Å². The van der Waals surface area contributed by atoms with E-state index >= 15 is 0 Å². The first kappa shape index (κ1) is 18.3. The van der Waals surface area contributed by atoms with Crippen LogP contribution in [0.3, 0.4) is 0 Å². The average molecular weight is 380 g/mol. The molecule has 1 fully saturated rings. The van der Waals surface area contributed by atoms with Crippen molar-refractivity contribution >= 4 is 23.4 Å². The van der Waals surface area contributed by atoms with E-state index in [9.17, 15) is 18.8 Å². The molecular weight excluding hydrogens is 359 g/mol. The maximum atomic E-state index is 14.0. The summed E-state index contributed by atoms with van der Waals surface area (Å²) in [5.41, 5.74) is 1.61. The zero-order chi connectivity index (χ0) is 19.8. The summed E-state index contributed by atoms with van der Waals surface area (Å²) in [6.45, 7) is 1.76. The van der Waals surface area contributed by atoms with Crippen LogP contribution in [0.25, 0.3) is 0 Å². The number of hydrogen-bond donors (Lipinski definition) is 1. The van der Waals surface area contributed by atoms with Crippen molar-refractivity contribution in [3.05, 3.63) is 64.5 Å². The SMILES string of the molecule is Cc1ccc(NC(=O)c2ccc3c(c2)C(=O)N(C2CCCCC2)C3=O)c(F)c1. The molecule has 0 saturated heterocycles. The van der Waals surface area contributed by atoms with Gasteiger partial charge in [0.1, 0.15) is 5.82 Å². The lowest BCUT2D eigenvalue weighted by molar-refractivity contribution is 0.0549.